The summed E-state index contributed by atoms with van der Waals surface area (Å²) in [7, 11) is 0. The van der Waals surface area contributed by atoms with Gasteiger partial charge < -0.3 is 10.1 Å². The number of hydrogen-bond donors (Lipinski definition) is 1. The molecule has 0 saturated heterocycles. The molecule has 0 atom stereocenters. The van der Waals surface area contributed by atoms with Gasteiger partial charge in [0, 0.05) is 11.0 Å². The number of nitrogens with one attached hydrogen (secondary N) is 1. The Morgan fingerprint density at radius 3 is 2.52 bits per heavy atom. The third kappa shape index (κ3) is 4.83. The van der Waals surface area contributed by atoms with E-state index in [1.807, 2.05) is 30.3 Å². The van der Waals surface area contributed by atoms with Crippen LogP contribution >= 0.6 is 31.9 Å². The van der Waals surface area contributed by atoms with Crippen molar-refractivity contribution in [1.82, 2.24) is 5.32 Å². The highest BCUT2D eigenvalue weighted by Crippen LogP contribution is 2.32. The Bertz CT molecular complexity index is 614. The van der Waals surface area contributed by atoms with Crippen molar-refractivity contribution in [1.29, 1.82) is 0 Å². The van der Waals surface area contributed by atoms with Gasteiger partial charge in [0.25, 0.3) is 0 Å². The van der Waals surface area contributed by atoms with Gasteiger partial charge in [0.15, 0.2) is 0 Å². The van der Waals surface area contributed by atoms with E-state index >= 15 is 0 Å². The van der Waals surface area contributed by atoms with Crippen LogP contribution in [0.3, 0.4) is 0 Å². The molecule has 0 saturated carbocycles. The SMILES string of the molecule is CCCNCc1ccc(Oc2ccc(C)cc2Br)cc1Br. The van der Waals surface area contributed by atoms with Gasteiger partial charge in [-0.3, -0.25) is 0 Å². The fourth-order valence-corrected chi connectivity index (χ4v) is 3.02. The Kier molecular flexibility index (Phi) is 6.27. The van der Waals surface area contributed by atoms with Gasteiger partial charge in [0.2, 0.25) is 0 Å². The summed E-state index contributed by atoms with van der Waals surface area (Å²) >= 11 is 7.14. The van der Waals surface area contributed by atoms with Crippen LogP contribution in [0.15, 0.2) is 45.3 Å². The normalized spacial score (nSPS) is 10.7. The van der Waals surface area contributed by atoms with E-state index in [1.54, 1.807) is 0 Å². The molecule has 0 aliphatic heterocycles. The highest BCUT2D eigenvalue weighted by atomic mass is 79.9. The van der Waals surface area contributed by atoms with Crippen LogP contribution in [0.5, 0.6) is 11.5 Å². The van der Waals surface area contributed by atoms with Crippen LogP contribution < -0.4 is 10.1 Å². The zero-order valence-corrected chi connectivity index (χ0v) is 15.4. The predicted molar refractivity (Wildman–Crippen MR) is 95.1 cm³/mol. The maximum absolute atomic E-state index is 5.93. The zero-order valence-electron chi connectivity index (χ0n) is 12.2. The van der Waals surface area contributed by atoms with Gasteiger partial charge >= 0.3 is 0 Å². The van der Waals surface area contributed by atoms with Gasteiger partial charge in [0.1, 0.15) is 11.5 Å². The molecule has 0 aliphatic rings. The number of hydrogen-bond acceptors (Lipinski definition) is 2. The van der Waals surface area contributed by atoms with Crippen molar-refractivity contribution in [3.05, 3.63) is 56.5 Å². The second-order valence-electron chi connectivity index (χ2n) is 4.97. The van der Waals surface area contributed by atoms with Crippen LogP contribution in [0, 0.1) is 6.92 Å². The minimum Gasteiger partial charge on any atom is -0.456 e. The van der Waals surface area contributed by atoms with E-state index in [1.165, 1.54) is 11.1 Å². The van der Waals surface area contributed by atoms with Crippen LogP contribution in [0.4, 0.5) is 0 Å². The molecule has 2 aromatic carbocycles. The smallest absolute Gasteiger partial charge is 0.141 e. The van der Waals surface area contributed by atoms with E-state index in [0.29, 0.717) is 0 Å². The summed E-state index contributed by atoms with van der Waals surface area (Å²) < 4.78 is 7.96. The topological polar surface area (TPSA) is 21.3 Å². The Morgan fingerprint density at radius 1 is 1.05 bits per heavy atom. The average Bonchev–Trinajstić information content (AvgIpc) is 2.44. The van der Waals surface area contributed by atoms with Gasteiger partial charge in [0.05, 0.1) is 4.47 Å². The molecule has 0 amide bonds. The van der Waals surface area contributed by atoms with E-state index in [4.69, 9.17) is 4.74 Å². The molecular formula is C17H19Br2NO. The van der Waals surface area contributed by atoms with Crippen molar-refractivity contribution >= 4 is 31.9 Å². The van der Waals surface area contributed by atoms with Crippen molar-refractivity contribution < 1.29 is 4.74 Å². The Morgan fingerprint density at radius 2 is 1.86 bits per heavy atom. The minimum absolute atomic E-state index is 0.823. The molecule has 21 heavy (non-hydrogen) atoms. The lowest BCUT2D eigenvalue weighted by Gasteiger charge is -2.11. The molecule has 0 aliphatic carbocycles. The Labute approximate surface area is 143 Å². The molecule has 2 rings (SSSR count). The molecule has 0 spiro atoms. The maximum Gasteiger partial charge on any atom is 0.141 e. The van der Waals surface area contributed by atoms with Crippen molar-refractivity contribution in [3.63, 3.8) is 0 Å². The van der Waals surface area contributed by atoms with Gasteiger partial charge in [-0.15, -0.1) is 0 Å². The van der Waals surface area contributed by atoms with Gasteiger partial charge in [-0.2, -0.15) is 0 Å². The van der Waals surface area contributed by atoms with Crippen molar-refractivity contribution in [2.75, 3.05) is 6.54 Å². The lowest BCUT2D eigenvalue weighted by atomic mass is 10.2. The van der Waals surface area contributed by atoms with Crippen LogP contribution in [-0.2, 0) is 6.54 Å². The lowest BCUT2D eigenvalue weighted by Crippen LogP contribution is -2.14. The first-order valence-electron chi connectivity index (χ1n) is 7.03. The zero-order chi connectivity index (χ0) is 15.2. The average molecular weight is 413 g/mol. The van der Waals surface area contributed by atoms with Crippen molar-refractivity contribution in [2.45, 2.75) is 26.8 Å². The van der Waals surface area contributed by atoms with Crippen LogP contribution in [0.1, 0.15) is 24.5 Å². The molecule has 112 valence electrons. The molecule has 4 heteroatoms. The molecule has 2 aromatic rings. The number of ether oxygens (including phenoxy) is 1. The lowest BCUT2D eigenvalue weighted by molar-refractivity contribution is 0.478. The van der Waals surface area contributed by atoms with Crippen molar-refractivity contribution in [2.24, 2.45) is 0 Å². The second-order valence-corrected chi connectivity index (χ2v) is 6.67. The molecule has 1 N–H and O–H groups in total. The minimum atomic E-state index is 0.823. The summed E-state index contributed by atoms with van der Waals surface area (Å²) in [5, 5.41) is 3.40. The molecule has 0 fully saturated rings. The maximum atomic E-state index is 5.93. The summed E-state index contributed by atoms with van der Waals surface area (Å²) in [4.78, 5) is 0. The molecule has 0 heterocycles. The van der Waals surface area contributed by atoms with Gasteiger partial charge in [-0.05, 0) is 71.2 Å². The highest BCUT2D eigenvalue weighted by Gasteiger charge is 2.06. The number of rotatable bonds is 6. The largest absolute Gasteiger partial charge is 0.456 e. The fourth-order valence-electron chi connectivity index (χ4n) is 1.95. The Hall–Kier alpha value is -0.840. The van der Waals surface area contributed by atoms with Crippen molar-refractivity contribution in [3.8, 4) is 11.5 Å². The van der Waals surface area contributed by atoms with Crippen LogP contribution in [-0.4, -0.2) is 6.54 Å². The highest BCUT2D eigenvalue weighted by molar-refractivity contribution is 9.10. The molecule has 0 aromatic heterocycles. The molecule has 0 radical (unpaired) electrons. The van der Waals surface area contributed by atoms with Crippen LogP contribution in [0.25, 0.3) is 0 Å². The monoisotopic (exact) mass is 411 g/mol. The predicted octanol–water partition coefficient (Wildman–Crippen LogP) is 5.81. The molecule has 0 bridgehead atoms. The number of halogens is 2. The first-order valence-corrected chi connectivity index (χ1v) is 8.62. The third-order valence-electron chi connectivity index (χ3n) is 3.08. The first-order chi connectivity index (χ1) is 10.1. The van der Waals surface area contributed by atoms with E-state index in [9.17, 15) is 0 Å². The standard InChI is InChI=1S/C17H19Br2NO/c1-3-8-20-11-13-5-6-14(10-15(13)18)21-17-7-4-12(2)9-16(17)19/h4-7,9-10,20H,3,8,11H2,1-2H3. The first kappa shape index (κ1) is 16.5. The Balaban J connectivity index is 2.09. The summed E-state index contributed by atoms with van der Waals surface area (Å²) in [6.07, 6.45) is 1.14. The summed E-state index contributed by atoms with van der Waals surface area (Å²) in [6, 6.07) is 12.2. The molecule has 0 unspecified atom stereocenters. The quantitative estimate of drug-likeness (QED) is 0.604. The van der Waals surface area contributed by atoms with E-state index in [0.717, 1.165) is 40.0 Å². The number of benzene rings is 2. The van der Waals surface area contributed by atoms with Gasteiger partial charge in [-0.1, -0.05) is 35.0 Å². The second kappa shape index (κ2) is 7.97. The summed E-state index contributed by atoms with van der Waals surface area (Å²) in [5.74, 6) is 1.65. The summed E-state index contributed by atoms with van der Waals surface area (Å²) in [6.45, 7) is 6.12. The summed E-state index contributed by atoms with van der Waals surface area (Å²) in [5.41, 5.74) is 2.44. The van der Waals surface area contributed by atoms with E-state index in [-0.39, 0.29) is 0 Å². The number of aryl methyl sites for hydroxylation is 1. The fraction of sp³-hybridized carbons (Fsp3) is 0.294. The third-order valence-corrected chi connectivity index (χ3v) is 4.44. The molecular weight excluding hydrogens is 394 g/mol. The molecule has 2 nitrogen and oxygen atoms in total. The van der Waals surface area contributed by atoms with Crippen LogP contribution in [0.2, 0.25) is 0 Å². The van der Waals surface area contributed by atoms with E-state index in [2.05, 4.69) is 57.1 Å². The van der Waals surface area contributed by atoms with E-state index < -0.39 is 0 Å². The van der Waals surface area contributed by atoms with Gasteiger partial charge in [-0.25, -0.2) is 0 Å².